The zero-order chi connectivity index (χ0) is 17.1. The van der Waals surface area contributed by atoms with Crippen molar-refractivity contribution in [3.63, 3.8) is 0 Å². The van der Waals surface area contributed by atoms with Gasteiger partial charge in [0.15, 0.2) is 0 Å². The van der Waals surface area contributed by atoms with Gasteiger partial charge in [-0.05, 0) is 42.8 Å². The molecule has 0 saturated heterocycles. The number of hydrogen-bond donors (Lipinski definition) is 2. The molecular weight excluding hydrogens is 334 g/mol. The van der Waals surface area contributed by atoms with Gasteiger partial charge in [0, 0.05) is 17.7 Å². The minimum absolute atomic E-state index is 0.0395. The lowest BCUT2D eigenvalue weighted by molar-refractivity contribution is -0.116. The van der Waals surface area contributed by atoms with Gasteiger partial charge in [0.2, 0.25) is 5.91 Å². The quantitative estimate of drug-likeness (QED) is 0.576. The molecule has 0 atom stereocenters. The molecule has 0 radical (unpaired) electrons. The monoisotopic (exact) mass is 349 g/mol. The van der Waals surface area contributed by atoms with Crippen molar-refractivity contribution in [1.82, 2.24) is 20.4 Å². The van der Waals surface area contributed by atoms with Crippen molar-refractivity contribution >= 4 is 33.1 Å². The van der Waals surface area contributed by atoms with Gasteiger partial charge in [0.25, 0.3) is 0 Å². The number of amides is 1. The Labute approximate surface area is 147 Å². The third-order valence-corrected chi connectivity index (χ3v) is 4.88. The van der Waals surface area contributed by atoms with Crippen LogP contribution < -0.4 is 5.32 Å². The van der Waals surface area contributed by atoms with Gasteiger partial charge < -0.3 is 5.32 Å². The average molecular weight is 349 g/mol. The van der Waals surface area contributed by atoms with Crippen molar-refractivity contribution < 1.29 is 4.79 Å². The minimum atomic E-state index is -0.0395. The fraction of sp³-hybridized carbons (Fsp3) is 0.111. The number of rotatable bonds is 5. The summed E-state index contributed by atoms with van der Waals surface area (Å²) >= 11 is 1.66. The number of carbonyl (C=O) groups is 1. The molecule has 2 aromatic heterocycles. The maximum Gasteiger partial charge on any atom is 0.224 e. The summed E-state index contributed by atoms with van der Waals surface area (Å²) in [6.45, 7) is 0. The van der Waals surface area contributed by atoms with E-state index in [0.29, 0.717) is 12.8 Å². The van der Waals surface area contributed by atoms with E-state index in [4.69, 9.17) is 0 Å². The highest BCUT2D eigenvalue weighted by atomic mass is 32.1. The number of carbonyl (C=O) groups excluding carboxylic acids is 1. The first kappa shape index (κ1) is 15.5. The van der Waals surface area contributed by atoms with Crippen molar-refractivity contribution in [2.75, 3.05) is 5.32 Å². The summed E-state index contributed by atoms with van der Waals surface area (Å²) < 4.78 is 1.17. The van der Waals surface area contributed by atoms with Crippen molar-refractivity contribution in [3.05, 3.63) is 60.4 Å². The second-order valence-corrected chi connectivity index (χ2v) is 6.62. The van der Waals surface area contributed by atoms with Crippen LogP contribution in [0.15, 0.2) is 54.7 Å². The molecular formula is C18H15N5OS. The molecule has 124 valence electrons. The molecule has 2 heterocycles. The predicted octanol–water partition coefficient (Wildman–Crippen LogP) is 3.65. The first-order valence-corrected chi connectivity index (χ1v) is 8.70. The topological polar surface area (TPSA) is 83.6 Å². The van der Waals surface area contributed by atoms with E-state index in [2.05, 4.69) is 31.8 Å². The normalized spacial score (nSPS) is 10.9. The van der Waals surface area contributed by atoms with Crippen LogP contribution >= 0.6 is 11.3 Å². The van der Waals surface area contributed by atoms with E-state index < -0.39 is 0 Å². The second-order valence-electron chi connectivity index (χ2n) is 5.59. The molecule has 0 aliphatic carbocycles. The van der Waals surface area contributed by atoms with Gasteiger partial charge in [0.05, 0.1) is 22.1 Å². The highest BCUT2D eigenvalue weighted by Crippen LogP contribution is 2.30. The Bertz CT molecular complexity index is 959. The van der Waals surface area contributed by atoms with Gasteiger partial charge in [-0.25, -0.2) is 4.98 Å². The smallest absolute Gasteiger partial charge is 0.224 e. The molecule has 0 unspecified atom stereocenters. The van der Waals surface area contributed by atoms with Crippen LogP contribution in [0.5, 0.6) is 0 Å². The molecule has 4 rings (SSSR count). The summed E-state index contributed by atoms with van der Waals surface area (Å²) in [5.41, 5.74) is 3.68. The molecule has 4 aromatic rings. The van der Waals surface area contributed by atoms with Crippen LogP contribution in [0.1, 0.15) is 12.1 Å². The number of fused-ring (bicyclic) bond motifs is 1. The zero-order valence-electron chi connectivity index (χ0n) is 13.3. The SMILES string of the molecule is O=C(CCc1cnn[nH]1)Nc1ccc(-c2nc3ccccc3s2)cc1. The maximum absolute atomic E-state index is 12.0. The Morgan fingerprint density at radius 2 is 1.96 bits per heavy atom. The summed E-state index contributed by atoms with van der Waals surface area (Å²) in [5, 5.41) is 13.9. The number of aryl methyl sites for hydroxylation is 1. The summed E-state index contributed by atoms with van der Waals surface area (Å²) in [7, 11) is 0. The van der Waals surface area contributed by atoms with Crippen LogP contribution in [-0.2, 0) is 11.2 Å². The third-order valence-electron chi connectivity index (χ3n) is 3.80. The summed E-state index contributed by atoms with van der Waals surface area (Å²) in [6.07, 6.45) is 2.59. The fourth-order valence-electron chi connectivity index (χ4n) is 2.50. The molecule has 1 amide bonds. The Balaban J connectivity index is 1.42. The van der Waals surface area contributed by atoms with Crippen molar-refractivity contribution in [2.24, 2.45) is 0 Å². The molecule has 7 heteroatoms. The first-order valence-electron chi connectivity index (χ1n) is 7.89. The number of nitrogens with one attached hydrogen (secondary N) is 2. The number of aromatic nitrogens is 4. The lowest BCUT2D eigenvalue weighted by atomic mass is 10.2. The molecule has 2 aromatic carbocycles. The fourth-order valence-corrected chi connectivity index (χ4v) is 3.48. The number of thiazole rings is 1. The molecule has 0 fully saturated rings. The van der Waals surface area contributed by atoms with Crippen LogP contribution in [0, 0.1) is 0 Å². The minimum Gasteiger partial charge on any atom is -0.326 e. The molecule has 6 nitrogen and oxygen atoms in total. The average Bonchev–Trinajstić information content (AvgIpc) is 3.30. The first-order chi connectivity index (χ1) is 12.3. The zero-order valence-corrected chi connectivity index (χ0v) is 14.1. The number of aromatic amines is 1. The number of hydrogen-bond acceptors (Lipinski definition) is 5. The Morgan fingerprint density at radius 3 is 2.72 bits per heavy atom. The Kier molecular flexibility index (Phi) is 4.22. The molecule has 0 aliphatic heterocycles. The van der Waals surface area contributed by atoms with Gasteiger partial charge >= 0.3 is 0 Å². The van der Waals surface area contributed by atoms with E-state index >= 15 is 0 Å². The Morgan fingerprint density at radius 1 is 1.12 bits per heavy atom. The van der Waals surface area contributed by atoms with Crippen LogP contribution in [-0.4, -0.2) is 26.3 Å². The van der Waals surface area contributed by atoms with Crippen molar-refractivity contribution in [1.29, 1.82) is 0 Å². The summed E-state index contributed by atoms with van der Waals surface area (Å²) in [4.78, 5) is 16.7. The van der Waals surface area contributed by atoms with E-state index in [0.717, 1.165) is 27.5 Å². The van der Waals surface area contributed by atoms with Crippen molar-refractivity contribution in [2.45, 2.75) is 12.8 Å². The van der Waals surface area contributed by atoms with Crippen LogP contribution in [0.25, 0.3) is 20.8 Å². The van der Waals surface area contributed by atoms with Gasteiger partial charge in [-0.15, -0.1) is 16.4 Å². The number of nitrogens with zero attached hydrogens (tertiary/aromatic N) is 3. The number of para-hydroxylation sites is 1. The highest BCUT2D eigenvalue weighted by Gasteiger charge is 2.07. The van der Waals surface area contributed by atoms with Crippen LogP contribution in [0.4, 0.5) is 5.69 Å². The van der Waals surface area contributed by atoms with Crippen LogP contribution in [0.3, 0.4) is 0 Å². The van der Waals surface area contributed by atoms with Gasteiger partial charge in [-0.2, -0.15) is 0 Å². The summed E-state index contributed by atoms with van der Waals surface area (Å²) in [5.74, 6) is -0.0395. The highest BCUT2D eigenvalue weighted by molar-refractivity contribution is 7.21. The Hall–Kier alpha value is -3.06. The predicted molar refractivity (Wildman–Crippen MR) is 98.4 cm³/mol. The second kappa shape index (κ2) is 6.82. The molecule has 0 spiro atoms. The molecule has 0 aliphatic rings. The number of benzene rings is 2. The van der Waals surface area contributed by atoms with E-state index in [-0.39, 0.29) is 5.91 Å². The lowest BCUT2D eigenvalue weighted by Crippen LogP contribution is -2.12. The maximum atomic E-state index is 12.0. The van der Waals surface area contributed by atoms with Gasteiger partial charge in [-0.1, -0.05) is 17.3 Å². The van der Waals surface area contributed by atoms with Gasteiger partial charge in [0.1, 0.15) is 5.01 Å². The van der Waals surface area contributed by atoms with Gasteiger partial charge in [-0.3, -0.25) is 9.89 Å². The third kappa shape index (κ3) is 3.56. The molecule has 2 N–H and O–H groups in total. The number of H-pyrrole nitrogens is 1. The summed E-state index contributed by atoms with van der Waals surface area (Å²) in [6, 6.07) is 15.8. The lowest BCUT2D eigenvalue weighted by Gasteiger charge is -2.05. The van der Waals surface area contributed by atoms with E-state index in [1.54, 1.807) is 17.5 Å². The largest absolute Gasteiger partial charge is 0.326 e. The standard InChI is InChI=1S/C18H15N5OS/c24-17(10-9-14-11-19-23-22-14)20-13-7-5-12(6-8-13)18-21-15-3-1-2-4-16(15)25-18/h1-8,11H,9-10H2,(H,20,24)(H,19,22,23). The van der Waals surface area contributed by atoms with E-state index in [9.17, 15) is 4.79 Å². The number of anilines is 1. The molecule has 0 bridgehead atoms. The molecule has 0 saturated carbocycles. The van der Waals surface area contributed by atoms with E-state index in [1.165, 1.54) is 4.70 Å². The van der Waals surface area contributed by atoms with E-state index in [1.807, 2.05) is 42.5 Å². The van der Waals surface area contributed by atoms with Crippen LogP contribution in [0.2, 0.25) is 0 Å². The molecule has 25 heavy (non-hydrogen) atoms. The van der Waals surface area contributed by atoms with Crippen molar-refractivity contribution in [3.8, 4) is 10.6 Å².